The van der Waals surface area contributed by atoms with Gasteiger partial charge in [-0.3, -0.25) is 4.79 Å². The summed E-state index contributed by atoms with van der Waals surface area (Å²) in [5.41, 5.74) is 0. The molecule has 0 aliphatic heterocycles. The quantitative estimate of drug-likeness (QED) is 0.512. The first-order valence-corrected chi connectivity index (χ1v) is 6.73. The van der Waals surface area contributed by atoms with E-state index < -0.39 is 12.0 Å². The van der Waals surface area contributed by atoms with Crippen LogP contribution in [0, 0.1) is 0 Å². The molecular formula is C10H20N2O3S. The normalized spacial score (nSPS) is 12.1. The molecule has 0 aliphatic carbocycles. The van der Waals surface area contributed by atoms with Crippen LogP contribution in [0.5, 0.6) is 0 Å². The SMILES string of the molecule is CCNCCC(=O)NC(CCSC)C(=O)O. The van der Waals surface area contributed by atoms with Gasteiger partial charge in [-0.05, 0) is 25.0 Å². The molecule has 0 aromatic heterocycles. The first-order valence-electron chi connectivity index (χ1n) is 5.33. The second-order valence-corrected chi connectivity index (χ2v) is 4.33. The number of aliphatic carboxylic acids is 1. The van der Waals surface area contributed by atoms with E-state index in [1.807, 2.05) is 13.2 Å². The average Bonchev–Trinajstić information content (AvgIpc) is 2.24. The number of amides is 1. The Bertz CT molecular complexity index is 224. The number of carboxylic acid groups (broad SMARTS) is 1. The van der Waals surface area contributed by atoms with Crippen LogP contribution in [0.1, 0.15) is 19.8 Å². The molecule has 0 fully saturated rings. The van der Waals surface area contributed by atoms with Gasteiger partial charge in [0.1, 0.15) is 6.04 Å². The van der Waals surface area contributed by atoms with Gasteiger partial charge in [-0.25, -0.2) is 4.79 Å². The van der Waals surface area contributed by atoms with Crippen molar-refractivity contribution in [2.45, 2.75) is 25.8 Å². The molecule has 1 atom stereocenters. The van der Waals surface area contributed by atoms with Gasteiger partial charge >= 0.3 is 5.97 Å². The Hall–Kier alpha value is -0.750. The Morgan fingerprint density at radius 1 is 1.44 bits per heavy atom. The highest BCUT2D eigenvalue weighted by atomic mass is 32.2. The van der Waals surface area contributed by atoms with Crippen LogP contribution in [-0.2, 0) is 9.59 Å². The number of hydrogen-bond donors (Lipinski definition) is 3. The molecule has 1 unspecified atom stereocenters. The monoisotopic (exact) mass is 248 g/mol. The van der Waals surface area contributed by atoms with Crippen LogP contribution in [0.15, 0.2) is 0 Å². The molecule has 0 saturated heterocycles. The molecule has 0 bridgehead atoms. The number of thioether (sulfide) groups is 1. The predicted molar refractivity (Wildman–Crippen MR) is 65.7 cm³/mol. The summed E-state index contributed by atoms with van der Waals surface area (Å²) in [7, 11) is 0. The van der Waals surface area contributed by atoms with E-state index in [0.29, 0.717) is 19.4 Å². The molecule has 94 valence electrons. The number of carboxylic acids is 1. The molecule has 0 rings (SSSR count). The van der Waals surface area contributed by atoms with Gasteiger partial charge in [-0.15, -0.1) is 0 Å². The molecule has 0 saturated carbocycles. The fraction of sp³-hybridized carbons (Fsp3) is 0.800. The maximum absolute atomic E-state index is 11.4. The zero-order valence-corrected chi connectivity index (χ0v) is 10.6. The van der Waals surface area contributed by atoms with Crippen molar-refractivity contribution in [1.29, 1.82) is 0 Å². The lowest BCUT2D eigenvalue weighted by atomic mass is 10.2. The third-order valence-electron chi connectivity index (χ3n) is 2.02. The van der Waals surface area contributed by atoms with Gasteiger partial charge in [0.05, 0.1) is 0 Å². The Labute approximate surface area is 100 Å². The first-order chi connectivity index (χ1) is 7.61. The third kappa shape index (κ3) is 7.53. The van der Waals surface area contributed by atoms with Crippen molar-refractivity contribution in [3.8, 4) is 0 Å². The van der Waals surface area contributed by atoms with Gasteiger partial charge in [0, 0.05) is 13.0 Å². The lowest BCUT2D eigenvalue weighted by molar-refractivity contribution is -0.141. The maximum atomic E-state index is 11.4. The van der Waals surface area contributed by atoms with E-state index in [-0.39, 0.29) is 5.91 Å². The number of carbonyl (C=O) groups is 2. The summed E-state index contributed by atoms with van der Waals surface area (Å²) in [6.07, 6.45) is 2.69. The number of rotatable bonds is 9. The van der Waals surface area contributed by atoms with E-state index in [9.17, 15) is 9.59 Å². The van der Waals surface area contributed by atoms with Crippen molar-refractivity contribution in [3.05, 3.63) is 0 Å². The molecule has 5 nitrogen and oxygen atoms in total. The standard InChI is InChI=1S/C10H20N2O3S/c1-3-11-6-4-9(13)12-8(10(14)15)5-7-16-2/h8,11H,3-7H2,1-2H3,(H,12,13)(H,14,15). The Morgan fingerprint density at radius 3 is 2.62 bits per heavy atom. The Balaban J connectivity index is 3.88. The minimum Gasteiger partial charge on any atom is -0.480 e. The van der Waals surface area contributed by atoms with Crippen LogP contribution in [0.2, 0.25) is 0 Å². The van der Waals surface area contributed by atoms with Crippen molar-refractivity contribution in [1.82, 2.24) is 10.6 Å². The minimum atomic E-state index is -0.967. The highest BCUT2D eigenvalue weighted by Crippen LogP contribution is 2.01. The van der Waals surface area contributed by atoms with Crippen molar-refractivity contribution in [2.24, 2.45) is 0 Å². The zero-order valence-electron chi connectivity index (χ0n) is 9.78. The summed E-state index contributed by atoms with van der Waals surface area (Å²) in [5, 5.41) is 14.4. The van der Waals surface area contributed by atoms with Gasteiger partial charge in [-0.2, -0.15) is 11.8 Å². The lowest BCUT2D eigenvalue weighted by Gasteiger charge is -2.13. The molecule has 0 radical (unpaired) electrons. The topological polar surface area (TPSA) is 78.4 Å². The second-order valence-electron chi connectivity index (χ2n) is 3.34. The van der Waals surface area contributed by atoms with Gasteiger partial charge in [-0.1, -0.05) is 6.92 Å². The first kappa shape index (κ1) is 15.2. The van der Waals surface area contributed by atoms with E-state index in [4.69, 9.17) is 5.11 Å². The minimum absolute atomic E-state index is 0.213. The second kappa shape index (κ2) is 9.47. The molecular weight excluding hydrogens is 228 g/mol. The van der Waals surface area contributed by atoms with E-state index in [0.717, 1.165) is 12.3 Å². The van der Waals surface area contributed by atoms with Crippen LogP contribution in [0.25, 0.3) is 0 Å². The maximum Gasteiger partial charge on any atom is 0.326 e. The molecule has 16 heavy (non-hydrogen) atoms. The fourth-order valence-electron chi connectivity index (χ4n) is 1.14. The van der Waals surface area contributed by atoms with Crippen LogP contribution in [-0.4, -0.2) is 48.1 Å². The van der Waals surface area contributed by atoms with Crippen LogP contribution in [0.3, 0.4) is 0 Å². The van der Waals surface area contributed by atoms with Crippen LogP contribution < -0.4 is 10.6 Å². The number of nitrogens with one attached hydrogen (secondary N) is 2. The van der Waals surface area contributed by atoms with Crippen molar-refractivity contribution >= 4 is 23.6 Å². The lowest BCUT2D eigenvalue weighted by Crippen LogP contribution is -2.42. The summed E-state index contributed by atoms with van der Waals surface area (Å²) >= 11 is 1.57. The predicted octanol–water partition coefficient (Wildman–Crippen LogP) is 0.309. The fourth-order valence-corrected chi connectivity index (χ4v) is 1.61. The molecule has 0 spiro atoms. The summed E-state index contributed by atoms with van der Waals surface area (Å²) in [4.78, 5) is 22.2. The average molecular weight is 248 g/mol. The molecule has 0 aromatic carbocycles. The Morgan fingerprint density at radius 2 is 2.12 bits per heavy atom. The van der Waals surface area contributed by atoms with Gasteiger partial charge in [0.15, 0.2) is 0 Å². The van der Waals surface area contributed by atoms with Crippen LogP contribution >= 0.6 is 11.8 Å². The van der Waals surface area contributed by atoms with Crippen molar-refractivity contribution in [2.75, 3.05) is 25.1 Å². The Kier molecular flexibility index (Phi) is 9.03. The summed E-state index contributed by atoms with van der Waals surface area (Å²) in [5.74, 6) is -0.454. The van der Waals surface area contributed by atoms with Crippen molar-refractivity contribution in [3.63, 3.8) is 0 Å². The number of hydrogen-bond acceptors (Lipinski definition) is 4. The third-order valence-corrected chi connectivity index (χ3v) is 2.67. The summed E-state index contributed by atoms with van der Waals surface area (Å²) in [6.45, 7) is 3.34. The van der Waals surface area contributed by atoms with E-state index in [2.05, 4.69) is 10.6 Å². The van der Waals surface area contributed by atoms with Crippen LogP contribution in [0.4, 0.5) is 0 Å². The number of carbonyl (C=O) groups excluding carboxylic acids is 1. The molecule has 0 heterocycles. The molecule has 0 aromatic rings. The van der Waals surface area contributed by atoms with E-state index >= 15 is 0 Å². The molecule has 0 aliphatic rings. The summed E-state index contributed by atoms with van der Waals surface area (Å²) < 4.78 is 0. The molecule has 6 heteroatoms. The van der Waals surface area contributed by atoms with E-state index in [1.54, 1.807) is 11.8 Å². The highest BCUT2D eigenvalue weighted by Gasteiger charge is 2.18. The highest BCUT2D eigenvalue weighted by molar-refractivity contribution is 7.98. The largest absolute Gasteiger partial charge is 0.480 e. The van der Waals surface area contributed by atoms with Crippen molar-refractivity contribution < 1.29 is 14.7 Å². The van der Waals surface area contributed by atoms with Gasteiger partial charge in [0.2, 0.25) is 5.91 Å². The smallest absolute Gasteiger partial charge is 0.326 e. The molecule has 3 N–H and O–H groups in total. The zero-order chi connectivity index (χ0) is 12.4. The summed E-state index contributed by atoms with van der Waals surface area (Å²) in [6, 6.07) is -0.762. The molecule has 1 amide bonds. The van der Waals surface area contributed by atoms with Gasteiger partial charge < -0.3 is 15.7 Å². The van der Waals surface area contributed by atoms with Gasteiger partial charge in [0.25, 0.3) is 0 Å². The van der Waals surface area contributed by atoms with E-state index in [1.165, 1.54) is 0 Å².